The molecule has 1 aromatic heterocycles. The van der Waals surface area contributed by atoms with E-state index >= 15 is 0 Å². The minimum Gasteiger partial charge on any atom is -0.496 e. The van der Waals surface area contributed by atoms with E-state index in [4.69, 9.17) is 20.9 Å². The fourth-order valence-electron chi connectivity index (χ4n) is 2.06. The smallest absolute Gasteiger partial charge is 0.226 e. The van der Waals surface area contributed by atoms with E-state index < -0.39 is 0 Å². The molecule has 0 saturated carbocycles. The minimum absolute atomic E-state index is 0.264. The quantitative estimate of drug-likeness (QED) is 0.693. The van der Waals surface area contributed by atoms with Crippen LogP contribution in [0.25, 0.3) is 22.0 Å². The number of halogens is 1. The van der Waals surface area contributed by atoms with Crippen molar-refractivity contribution in [2.45, 2.75) is 0 Å². The monoisotopic (exact) mass is 259 g/mol. The largest absolute Gasteiger partial charge is 0.496 e. The maximum atomic E-state index is 5.79. The molecule has 3 rings (SSSR count). The molecule has 0 unspecified atom stereocenters. The topological polar surface area (TPSA) is 35.3 Å². The second-order valence-electron chi connectivity index (χ2n) is 3.88. The van der Waals surface area contributed by atoms with Gasteiger partial charge in [-0.2, -0.15) is 0 Å². The van der Waals surface area contributed by atoms with Crippen molar-refractivity contribution in [2.75, 3.05) is 7.11 Å². The Morgan fingerprint density at radius 3 is 2.72 bits per heavy atom. The summed E-state index contributed by atoms with van der Waals surface area (Å²) in [5, 5.41) is 6.40. The normalized spacial score (nSPS) is 10.8. The third kappa shape index (κ3) is 1.73. The number of fused-ring (bicyclic) bond motifs is 1. The first kappa shape index (κ1) is 11.1. The first-order valence-electron chi connectivity index (χ1n) is 5.48. The molecule has 2 aromatic carbocycles. The third-order valence-corrected chi connectivity index (χ3v) is 3.03. The van der Waals surface area contributed by atoms with Gasteiger partial charge in [-0.05, 0) is 28.4 Å². The number of hydrogen-bond acceptors (Lipinski definition) is 3. The van der Waals surface area contributed by atoms with Crippen LogP contribution >= 0.6 is 11.6 Å². The van der Waals surface area contributed by atoms with Gasteiger partial charge in [0.1, 0.15) is 11.4 Å². The molecule has 0 N–H and O–H groups in total. The maximum absolute atomic E-state index is 5.79. The van der Waals surface area contributed by atoms with E-state index in [1.54, 1.807) is 13.2 Å². The van der Waals surface area contributed by atoms with Crippen LogP contribution in [0.5, 0.6) is 5.75 Å². The molecule has 3 aromatic rings. The lowest BCUT2D eigenvalue weighted by Gasteiger charge is -2.09. The maximum Gasteiger partial charge on any atom is 0.226 e. The van der Waals surface area contributed by atoms with Gasteiger partial charge in [0.2, 0.25) is 5.22 Å². The number of hydrogen-bond donors (Lipinski definition) is 0. The van der Waals surface area contributed by atoms with E-state index in [9.17, 15) is 0 Å². The van der Waals surface area contributed by atoms with Gasteiger partial charge < -0.3 is 9.26 Å². The van der Waals surface area contributed by atoms with Crippen LogP contribution in [0.1, 0.15) is 0 Å². The molecule has 1 heterocycles. The highest BCUT2D eigenvalue weighted by molar-refractivity contribution is 6.29. The van der Waals surface area contributed by atoms with Crippen LogP contribution in [-0.4, -0.2) is 12.3 Å². The lowest BCUT2D eigenvalue weighted by molar-refractivity contribution is 0.412. The van der Waals surface area contributed by atoms with Gasteiger partial charge >= 0.3 is 0 Å². The summed E-state index contributed by atoms with van der Waals surface area (Å²) in [4.78, 5) is 0. The predicted octanol–water partition coefficient (Wildman–Crippen LogP) is 4.16. The van der Waals surface area contributed by atoms with Gasteiger partial charge in [0.25, 0.3) is 0 Å². The highest BCUT2D eigenvalue weighted by atomic mass is 35.5. The van der Waals surface area contributed by atoms with Gasteiger partial charge in [0.05, 0.1) is 12.7 Å². The Labute approximate surface area is 109 Å². The number of rotatable bonds is 2. The zero-order valence-corrected chi connectivity index (χ0v) is 10.4. The summed E-state index contributed by atoms with van der Waals surface area (Å²) in [6, 6.07) is 13.7. The first-order chi connectivity index (χ1) is 8.79. The SMILES string of the molecule is COc1ccc2ccccc2c1-c1cc(Cl)on1. The van der Waals surface area contributed by atoms with Crippen molar-refractivity contribution in [3.63, 3.8) is 0 Å². The summed E-state index contributed by atoms with van der Waals surface area (Å²) < 4.78 is 10.3. The van der Waals surface area contributed by atoms with Crippen molar-refractivity contribution in [1.82, 2.24) is 5.16 Å². The highest BCUT2D eigenvalue weighted by Gasteiger charge is 2.14. The van der Waals surface area contributed by atoms with E-state index in [2.05, 4.69) is 5.16 Å². The Hall–Kier alpha value is -2.00. The van der Waals surface area contributed by atoms with Crippen LogP contribution in [0.3, 0.4) is 0 Å². The van der Waals surface area contributed by atoms with Gasteiger partial charge in [0.15, 0.2) is 0 Å². The van der Waals surface area contributed by atoms with Crippen LogP contribution in [0, 0.1) is 0 Å². The van der Waals surface area contributed by atoms with Crippen LogP contribution in [0.2, 0.25) is 5.22 Å². The van der Waals surface area contributed by atoms with E-state index in [-0.39, 0.29) is 5.22 Å². The van der Waals surface area contributed by atoms with Crippen molar-refractivity contribution < 1.29 is 9.26 Å². The van der Waals surface area contributed by atoms with Crippen molar-refractivity contribution in [1.29, 1.82) is 0 Å². The van der Waals surface area contributed by atoms with E-state index in [0.29, 0.717) is 5.69 Å². The number of ether oxygens (including phenoxy) is 1. The zero-order chi connectivity index (χ0) is 12.5. The Morgan fingerprint density at radius 1 is 1.17 bits per heavy atom. The van der Waals surface area contributed by atoms with Gasteiger partial charge in [-0.3, -0.25) is 0 Å². The molecule has 90 valence electrons. The number of aromatic nitrogens is 1. The number of methoxy groups -OCH3 is 1. The average Bonchev–Trinajstić information content (AvgIpc) is 2.83. The first-order valence-corrected chi connectivity index (χ1v) is 5.86. The highest BCUT2D eigenvalue weighted by Crippen LogP contribution is 2.37. The zero-order valence-electron chi connectivity index (χ0n) is 9.68. The van der Waals surface area contributed by atoms with Crippen LogP contribution in [0.15, 0.2) is 47.0 Å². The Balaban J connectivity index is 2.37. The van der Waals surface area contributed by atoms with Crippen molar-refractivity contribution in [3.05, 3.63) is 47.7 Å². The van der Waals surface area contributed by atoms with Crippen molar-refractivity contribution in [2.24, 2.45) is 0 Å². The Kier molecular flexibility index (Phi) is 2.68. The molecule has 0 spiro atoms. The molecule has 0 aliphatic heterocycles. The Morgan fingerprint density at radius 2 is 2.00 bits per heavy atom. The second-order valence-corrected chi connectivity index (χ2v) is 4.25. The van der Waals surface area contributed by atoms with Crippen LogP contribution in [-0.2, 0) is 0 Å². The molecular weight excluding hydrogens is 250 g/mol. The molecule has 0 atom stereocenters. The lowest BCUT2D eigenvalue weighted by Crippen LogP contribution is -1.89. The molecule has 0 aliphatic rings. The molecule has 0 aliphatic carbocycles. The summed E-state index contributed by atoms with van der Waals surface area (Å²) in [5.74, 6) is 0.749. The molecule has 0 amide bonds. The second kappa shape index (κ2) is 4.35. The van der Waals surface area contributed by atoms with Crippen LogP contribution < -0.4 is 4.74 Å². The molecule has 4 heteroatoms. The molecule has 0 saturated heterocycles. The van der Waals surface area contributed by atoms with Crippen LogP contribution in [0.4, 0.5) is 0 Å². The molecule has 18 heavy (non-hydrogen) atoms. The van der Waals surface area contributed by atoms with Gasteiger partial charge in [0, 0.05) is 6.07 Å². The fraction of sp³-hybridized carbons (Fsp3) is 0.0714. The average molecular weight is 260 g/mol. The Bertz CT molecular complexity index is 706. The summed E-state index contributed by atoms with van der Waals surface area (Å²) in [6.45, 7) is 0. The molecule has 3 nitrogen and oxygen atoms in total. The molecule has 0 fully saturated rings. The minimum atomic E-state index is 0.264. The summed E-state index contributed by atoms with van der Waals surface area (Å²) in [5.41, 5.74) is 1.57. The van der Waals surface area contributed by atoms with E-state index in [1.165, 1.54) is 0 Å². The van der Waals surface area contributed by atoms with Gasteiger partial charge in [-0.1, -0.05) is 35.5 Å². The van der Waals surface area contributed by atoms with Crippen molar-refractivity contribution in [3.8, 4) is 17.0 Å². The standard InChI is InChI=1S/C14H10ClNO2/c1-17-12-7-6-9-4-2-3-5-10(9)14(12)11-8-13(15)18-16-11/h2-8H,1H3. The molecular formula is C14H10ClNO2. The number of nitrogens with zero attached hydrogens (tertiary/aromatic N) is 1. The third-order valence-electron chi connectivity index (χ3n) is 2.85. The summed E-state index contributed by atoms with van der Waals surface area (Å²) >= 11 is 5.79. The summed E-state index contributed by atoms with van der Waals surface area (Å²) in [6.07, 6.45) is 0. The van der Waals surface area contributed by atoms with Gasteiger partial charge in [-0.15, -0.1) is 0 Å². The van der Waals surface area contributed by atoms with Gasteiger partial charge in [-0.25, -0.2) is 0 Å². The molecule has 0 radical (unpaired) electrons. The lowest BCUT2D eigenvalue weighted by atomic mass is 10.0. The molecule has 0 bridgehead atoms. The predicted molar refractivity (Wildman–Crippen MR) is 71.0 cm³/mol. The fourth-order valence-corrected chi connectivity index (χ4v) is 2.19. The number of benzene rings is 2. The summed E-state index contributed by atoms with van der Waals surface area (Å²) in [7, 11) is 1.63. The van der Waals surface area contributed by atoms with E-state index in [0.717, 1.165) is 22.1 Å². The van der Waals surface area contributed by atoms with Crippen molar-refractivity contribution >= 4 is 22.4 Å². The van der Waals surface area contributed by atoms with E-state index in [1.807, 2.05) is 36.4 Å².